The lowest BCUT2D eigenvalue weighted by Gasteiger charge is -2.13. The molecule has 1 N–H and O–H groups in total. The van der Waals surface area contributed by atoms with E-state index in [0.717, 1.165) is 27.7 Å². The summed E-state index contributed by atoms with van der Waals surface area (Å²) in [6, 6.07) is 16.1. The number of hydrogen-bond donors (Lipinski definition) is 1. The molecular weight excluding hydrogens is 284 g/mol. The van der Waals surface area contributed by atoms with Crippen LogP contribution in [0.4, 0.5) is 0 Å². The number of hydrazone groups is 1. The fraction of sp³-hybridized carbons (Fsp3) is 0.188. The Labute approximate surface area is 128 Å². The number of nitrogens with one attached hydrogen (secondary N) is 1. The van der Waals surface area contributed by atoms with Crippen LogP contribution in [0.15, 0.2) is 53.6 Å². The number of nitrogens with zero attached hydrogens (tertiary/aromatic N) is 1. The van der Waals surface area contributed by atoms with Crippen LogP contribution in [0.25, 0.3) is 0 Å². The van der Waals surface area contributed by atoms with Crippen LogP contribution in [0.3, 0.4) is 0 Å². The molecule has 1 aliphatic rings. The average Bonchev–Trinajstić information content (AvgIpc) is 3.05. The third-order valence-corrected chi connectivity index (χ3v) is 4.41. The Morgan fingerprint density at radius 2 is 1.76 bits per heavy atom. The summed E-state index contributed by atoms with van der Waals surface area (Å²) in [6.07, 6.45) is 0. The van der Waals surface area contributed by atoms with E-state index >= 15 is 0 Å². The molecule has 21 heavy (non-hydrogen) atoms. The van der Waals surface area contributed by atoms with E-state index in [1.807, 2.05) is 36.4 Å². The molecule has 108 valence electrons. The summed E-state index contributed by atoms with van der Waals surface area (Å²) in [5.41, 5.74) is 5.39. The van der Waals surface area contributed by atoms with Gasteiger partial charge in [-0.15, -0.1) is 0 Å². The number of ether oxygens (including phenoxy) is 2. The maximum atomic E-state index is 5.35. The molecule has 1 atom stereocenters. The van der Waals surface area contributed by atoms with Crippen molar-refractivity contribution in [3.8, 4) is 11.5 Å². The first-order valence-electron chi connectivity index (χ1n) is 6.59. The number of hydrogen-bond acceptors (Lipinski definition) is 5. The minimum atomic E-state index is 0.0833. The second-order valence-corrected chi connectivity index (χ2v) is 5.62. The zero-order chi connectivity index (χ0) is 14.7. The predicted octanol–water partition coefficient (Wildman–Crippen LogP) is 3.40. The van der Waals surface area contributed by atoms with Gasteiger partial charge < -0.3 is 9.47 Å². The topological polar surface area (TPSA) is 42.8 Å². The molecule has 0 radical (unpaired) electrons. The zero-order valence-electron chi connectivity index (χ0n) is 11.9. The number of methoxy groups -OCH3 is 2. The molecular formula is C16H16N2O2S. The maximum Gasteiger partial charge on any atom is 0.161 e. The molecule has 0 saturated heterocycles. The Bertz CT molecular complexity index is 659. The minimum Gasteiger partial charge on any atom is -0.493 e. The Balaban J connectivity index is 1.79. The second-order valence-electron chi connectivity index (χ2n) is 4.52. The van der Waals surface area contributed by atoms with E-state index in [4.69, 9.17) is 9.47 Å². The minimum absolute atomic E-state index is 0.0833. The molecule has 2 aromatic carbocycles. The highest BCUT2D eigenvalue weighted by Gasteiger charge is 2.23. The van der Waals surface area contributed by atoms with Crippen molar-refractivity contribution in [2.75, 3.05) is 14.2 Å². The van der Waals surface area contributed by atoms with Gasteiger partial charge in [-0.05, 0) is 17.7 Å². The highest BCUT2D eigenvalue weighted by molar-refractivity contribution is 8.14. The smallest absolute Gasteiger partial charge is 0.161 e. The first kappa shape index (κ1) is 13.8. The van der Waals surface area contributed by atoms with Gasteiger partial charge in [0.05, 0.1) is 14.2 Å². The molecule has 1 unspecified atom stereocenters. The van der Waals surface area contributed by atoms with Crippen molar-refractivity contribution in [2.24, 2.45) is 5.10 Å². The first-order chi connectivity index (χ1) is 10.3. The quantitative estimate of drug-likeness (QED) is 0.940. The molecule has 2 aromatic rings. The Morgan fingerprint density at radius 1 is 1.00 bits per heavy atom. The Hall–Kier alpha value is -2.14. The summed E-state index contributed by atoms with van der Waals surface area (Å²) in [4.78, 5) is 0. The van der Waals surface area contributed by atoms with E-state index in [-0.39, 0.29) is 5.37 Å². The van der Waals surface area contributed by atoms with E-state index in [1.54, 1.807) is 26.0 Å². The van der Waals surface area contributed by atoms with Gasteiger partial charge >= 0.3 is 0 Å². The summed E-state index contributed by atoms with van der Waals surface area (Å²) >= 11 is 1.69. The first-order valence-corrected chi connectivity index (χ1v) is 7.47. The van der Waals surface area contributed by atoms with Crippen LogP contribution < -0.4 is 14.9 Å². The molecule has 4 nitrogen and oxygen atoms in total. The van der Waals surface area contributed by atoms with Crippen molar-refractivity contribution in [1.29, 1.82) is 0 Å². The van der Waals surface area contributed by atoms with Crippen LogP contribution in [0.2, 0.25) is 0 Å². The number of benzene rings is 2. The Kier molecular flexibility index (Phi) is 4.01. The fourth-order valence-corrected chi connectivity index (χ4v) is 3.14. The van der Waals surface area contributed by atoms with E-state index in [1.165, 1.54) is 0 Å². The average molecular weight is 300 g/mol. The van der Waals surface area contributed by atoms with Gasteiger partial charge in [0.1, 0.15) is 10.4 Å². The van der Waals surface area contributed by atoms with E-state index in [0.29, 0.717) is 0 Å². The van der Waals surface area contributed by atoms with Gasteiger partial charge in [-0.2, -0.15) is 5.10 Å². The van der Waals surface area contributed by atoms with Crippen LogP contribution in [-0.2, 0) is 0 Å². The summed E-state index contributed by atoms with van der Waals surface area (Å²) in [5.74, 6) is 1.46. The number of thioether (sulfide) groups is 1. The van der Waals surface area contributed by atoms with Gasteiger partial charge in [-0.1, -0.05) is 48.2 Å². The van der Waals surface area contributed by atoms with Crippen molar-refractivity contribution < 1.29 is 9.47 Å². The SMILES string of the molecule is COc1ccc(C2NN=C(c3ccccc3)S2)cc1OC. The van der Waals surface area contributed by atoms with Crippen molar-refractivity contribution >= 4 is 16.8 Å². The lowest BCUT2D eigenvalue weighted by molar-refractivity contribution is 0.354. The summed E-state index contributed by atoms with van der Waals surface area (Å²) in [7, 11) is 3.28. The molecule has 5 heteroatoms. The summed E-state index contributed by atoms with van der Waals surface area (Å²) in [5, 5.41) is 5.50. The molecule has 0 saturated carbocycles. The molecule has 0 bridgehead atoms. The van der Waals surface area contributed by atoms with Gasteiger partial charge in [0.15, 0.2) is 11.5 Å². The van der Waals surface area contributed by atoms with Crippen molar-refractivity contribution in [2.45, 2.75) is 5.37 Å². The van der Waals surface area contributed by atoms with Gasteiger partial charge in [0, 0.05) is 5.56 Å². The standard InChI is InChI=1S/C16H16N2O2S/c1-19-13-9-8-12(10-14(13)20-2)16-18-17-15(21-16)11-6-4-3-5-7-11/h3-10,16,18H,1-2H3. The lowest BCUT2D eigenvalue weighted by atomic mass is 10.2. The van der Waals surface area contributed by atoms with E-state index in [9.17, 15) is 0 Å². The normalized spacial score (nSPS) is 17.0. The maximum absolute atomic E-state index is 5.35. The second kappa shape index (κ2) is 6.10. The van der Waals surface area contributed by atoms with Gasteiger partial charge in [0.25, 0.3) is 0 Å². The Morgan fingerprint density at radius 3 is 2.48 bits per heavy atom. The molecule has 0 aliphatic carbocycles. The lowest BCUT2D eigenvalue weighted by Crippen LogP contribution is -2.07. The van der Waals surface area contributed by atoms with Gasteiger partial charge in [-0.3, -0.25) is 5.43 Å². The molecule has 0 spiro atoms. The van der Waals surface area contributed by atoms with Gasteiger partial charge in [0.2, 0.25) is 0 Å². The highest BCUT2D eigenvalue weighted by atomic mass is 32.2. The third kappa shape index (κ3) is 2.83. The van der Waals surface area contributed by atoms with E-state index in [2.05, 4.69) is 22.7 Å². The highest BCUT2D eigenvalue weighted by Crippen LogP contribution is 2.37. The van der Waals surface area contributed by atoms with Crippen molar-refractivity contribution in [3.05, 3.63) is 59.7 Å². The molecule has 1 heterocycles. The molecule has 1 aliphatic heterocycles. The van der Waals surface area contributed by atoms with Gasteiger partial charge in [-0.25, -0.2) is 0 Å². The van der Waals surface area contributed by atoms with Crippen LogP contribution in [-0.4, -0.2) is 19.3 Å². The van der Waals surface area contributed by atoms with Crippen molar-refractivity contribution in [3.63, 3.8) is 0 Å². The zero-order valence-corrected chi connectivity index (χ0v) is 12.7. The van der Waals surface area contributed by atoms with Crippen LogP contribution >= 0.6 is 11.8 Å². The number of rotatable bonds is 4. The fourth-order valence-electron chi connectivity index (χ4n) is 2.15. The third-order valence-electron chi connectivity index (χ3n) is 3.24. The summed E-state index contributed by atoms with van der Waals surface area (Å²) in [6.45, 7) is 0. The van der Waals surface area contributed by atoms with Crippen LogP contribution in [0.5, 0.6) is 11.5 Å². The molecule has 0 fully saturated rings. The van der Waals surface area contributed by atoms with Crippen LogP contribution in [0, 0.1) is 0 Å². The molecule has 3 rings (SSSR count). The van der Waals surface area contributed by atoms with Crippen LogP contribution in [0.1, 0.15) is 16.5 Å². The molecule has 0 amide bonds. The predicted molar refractivity (Wildman–Crippen MR) is 86.0 cm³/mol. The summed E-state index contributed by atoms with van der Waals surface area (Å²) < 4.78 is 10.6. The monoisotopic (exact) mass is 300 g/mol. The van der Waals surface area contributed by atoms with Crippen molar-refractivity contribution in [1.82, 2.24) is 5.43 Å². The molecule has 0 aromatic heterocycles. The van der Waals surface area contributed by atoms with E-state index < -0.39 is 0 Å². The largest absolute Gasteiger partial charge is 0.493 e.